The topological polar surface area (TPSA) is 72.7 Å². The van der Waals surface area contributed by atoms with Gasteiger partial charge in [-0.15, -0.1) is 0 Å². The molecule has 0 unspecified atom stereocenters. The Morgan fingerprint density at radius 2 is 1.88 bits per heavy atom. The first kappa shape index (κ1) is 17.1. The zero-order valence-electron chi connectivity index (χ0n) is 13.8. The molecule has 1 fully saturated rings. The number of para-hydroxylation sites is 1. The van der Waals surface area contributed by atoms with E-state index in [9.17, 15) is 14.9 Å². The van der Waals surface area contributed by atoms with Crippen LogP contribution in [0.1, 0.15) is 22.3 Å². The smallest absolute Gasteiger partial charge is 0.282 e. The Balaban J connectivity index is 1.54. The Bertz CT molecular complexity index is 748. The molecule has 1 amide bonds. The van der Waals surface area contributed by atoms with E-state index in [0.717, 1.165) is 12.0 Å². The minimum atomic E-state index is -0.510. The zero-order chi connectivity index (χ0) is 17.6. The van der Waals surface area contributed by atoms with Crippen LogP contribution < -0.4 is 0 Å². The Labute approximate surface area is 146 Å². The van der Waals surface area contributed by atoms with E-state index in [1.165, 1.54) is 12.1 Å². The van der Waals surface area contributed by atoms with E-state index in [1.807, 2.05) is 30.3 Å². The lowest BCUT2D eigenvalue weighted by Gasteiger charge is -2.16. The standard InChI is InChI=1S/C19H20N2O4/c22-19(17-8-4-5-9-18(17)21(23)24)20-11-10-16(12-20)14-25-13-15-6-2-1-3-7-15/h1-9,16H,10-14H2/t16-/m0/s1. The van der Waals surface area contributed by atoms with Gasteiger partial charge in [0.15, 0.2) is 0 Å². The average molecular weight is 340 g/mol. The van der Waals surface area contributed by atoms with Gasteiger partial charge in [-0.2, -0.15) is 0 Å². The summed E-state index contributed by atoms with van der Waals surface area (Å²) in [6, 6.07) is 16.0. The molecule has 0 N–H and O–H groups in total. The van der Waals surface area contributed by atoms with Gasteiger partial charge in [0, 0.05) is 25.1 Å². The van der Waals surface area contributed by atoms with E-state index in [-0.39, 0.29) is 23.1 Å². The van der Waals surface area contributed by atoms with Crippen molar-refractivity contribution in [1.82, 2.24) is 4.90 Å². The van der Waals surface area contributed by atoms with Gasteiger partial charge in [-0.25, -0.2) is 0 Å². The third-order valence-electron chi connectivity index (χ3n) is 4.37. The van der Waals surface area contributed by atoms with Crippen molar-refractivity contribution in [2.75, 3.05) is 19.7 Å². The highest BCUT2D eigenvalue weighted by Gasteiger charge is 2.30. The van der Waals surface area contributed by atoms with Crippen molar-refractivity contribution in [3.8, 4) is 0 Å². The van der Waals surface area contributed by atoms with Crippen molar-refractivity contribution < 1.29 is 14.5 Å². The molecule has 0 aromatic heterocycles. The summed E-state index contributed by atoms with van der Waals surface area (Å²) in [6.45, 7) is 2.30. The molecular weight excluding hydrogens is 320 g/mol. The second-order valence-corrected chi connectivity index (χ2v) is 6.18. The van der Waals surface area contributed by atoms with E-state index in [1.54, 1.807) is 17.0 Å². The van der Waals surface area contributed by atoms with Gasteiger partial charge in [0.2, 0.25) is 0 Å². The molecule has 1 heterocycles. The van der Waals surface area contributed by atoms with Crippen molar-refractivity contribution in [2.45, 2.75) is 13.0 Å². The Hall–Kier alpha value is -2.73. The predicted octanol–water partition coefficient (Wildman–Crippen LogP) is 3.27. The number of carbonyl (C=O) groups excluding carboxylic acids is 1. The minimum Gasteiger partial charge on any atom is -0.376 e. The van der Waals surface area contributed by atoms with Crippen molar-refractivity contribution in [2.24, 2.45) is 5.92 Å². The molecule has 1 aliphatic rings. The number of nitro benzene ring substituents is 1. The van der Waals surface area contributed by atoms with Crippen LogP contribution in [0.5, 0.6) is 0 Å². The third-order valence-corrected chi connectivity index (χ3v) is 4.37. The highest BCUT2D eigenvalue weighted by atomic mass is 16.6. The van der Waals surface area contributed by atoms with Gasteiger partial charge in [-0.1, -0.05) is 42.5 Å². The number of benzene rings is 2. The maximum absolute atomic E-state index is 12.6. The van der Waals surface area contributed by atoms with Gasteiger partial charge < -0.3 is 9.64 Å². The number of hydrogen-bond acceptors (Lipinski definition) is 4. The van der Waals surface area contributed by atoms with Gasteiger partial charge in [0.05, 0.1) is 18.1 Å². The van der Waals surface area contributed by atoms with E-state index in [0.29, 0.717) is 26.3 Å². The molecular formula is C19H20N2O4. The summed E-state index contributed by atoms with van der Waals surface area (Å²) in [6.07, 6.45) is 0.848. The van der Waals surface area contributed by atoms with Crippen molar-refractivity contribution in [1.29, 1.82) is 0 Å². The monoisotopic (exact) mass is 340 g/mol. The van der Waals surface area contributed by atoms with Crippen LogP contribution in [0.15, 0.2) is 54.6 Å². The van der Waals surface area contributed by atoms with Crippen LogP contribution in [0.4, 0.5) is 5.69 Å². The molecule has 0 spiro atoms. The lowest BCUT2D eigenvalue weighted by atomic mass is 10.1. The lowest BCUT2D eigenvalue weighted by Crippen LogP contribution is -2.29. The molecule has 25 heavy (non-hydrogen) atoms. The van der Waals surface area contributed by atoms with E-state index < -0.39 is 4.92 Å². The van der Waals surface area contributed by atoms with E-state index in [2.05, 4.69) is 0 Å². The Morgan fingerprint density at radius 3 is 2.64 bits per heavy atom. The summed E-state index contributed by atoms with van der Waals surface area (Å²) < 4.78 is 5.75. The summed E-state index contributed by atoms with van der Waals surface area (Å²) in [4.78, 5) is 24.9. The summed E-state index contributed by atoms with van der Waals surface area (Å²) in [5, 5.41) is 11.1. The van der Waals surface area contributed by atoms with E-state index in [4.69, 9.17) is 4.74 Å². The molecule has 0 aliphatic carbocycles. The first-order chi connectivity index (χ1) is 12.1. The molecule has 6 heteroatoms. The number of nitro groups is 1. The normalized spacial score (nSPS) is 16.8. The largest absolute Gasteiger partial charge is 0.376 e. The van der Waals surface area contributed by atoms with Crippen molar-refractivity contribution in [3.63, 3.8) is 0 Å². The molecule has 3 rings (SSSR count). The number of likely N-dealkylation sites (tertiary alicyclic amines) is 1. The minimum absolute atomic E-state index is 0.142. The molecule has 1 atom stereocenters. The molecule has 6 nitrogen and oxygen atoms in total. The Kier molecular flexibility index (Phi) is 5.40. The van der Waals surface area contributed by atoms with Gasteiger partial charge in [-0.05, 0) is 18.1 Å². The number of ether oxygens (including phenoxy) is 1. The number of amides is 1. The van der Waals surface area contributed by atoms with Gasteiger partial charge in [0.1, 0.15) is 5.56 Å². The number of hydrogen-bond donors (Lipinski definition) is 0. The van der Waals surface area contributed by atoms with Crippen LogP contribution in [0.25, 0.3) is 0 Å². The van der Waals surface area contributed by atoms with Crippen molar-refractivity contribution >= 4 is 11.6 Å². The summed E-state index contributed by atoms with van der Waals surface area (Å²) >= 11 is 0. The third kappa shape index (κ3) is 4.22. The second-order valence-electron chi connectivity index (χ2n) is 6.18. The quantitative estimate of drug-likeness (QED) is 0.597. The molecule has 0 radical (unpaired) electrons. The fourth-order valence-corrected chi connectivity index (χ4v) is 3.05. The van der Waals surface area contributed by atoms with Crippen LogP contribution in [-0.4, -0.2) is 35.4 Å². The van der Waals surface area contributed by atoms with Crippen LogP contribution in [0.2, 0.25) is 0 Å². The van der Waals surface area contributed by atoms with Crippen LogP contribution in [0.3, 0.4) is 0 Å². The molecule has 130 valence electrons. The highest BCUT2D eigenvalue weighted by molar-refractivity contribution is 5.98. The van der Waals surface area contributed by atoms with Crippen LogP contribution in [0, 0.1) is 16.0 Å². The maximum Gasteiger partial charge on any atom is 0.282 e. The van der Waals surface area contributed by atoms with Gasteiger partial charge in [-0.3, -0.25) is 14.9 Å². The second kappa shape index (κ2) is 7.90. The highest BCUT2D eigenvalue weighted by Crippen LogP contribution is 2.24. The lowest BCUT2D eigenvalue weighted by molar-refractivity contribution is -0.385. The Morgan fingerprint density at radius 1 is 1.16 bits per heavy atom. The molecule has 2 aromatic carbocycles. The number of rotatable bonds is 6. The maximum atomic E-state index is 12.6. The average Bonchev–Trinajstić information content (AvgIpc) is 3.11. The SMILES string of the molecule is O=C(c1ccccc1[N+](=O)[O-])N1CC[C@H](COCc2ccccc2)C1. The van der Waals surface area contributed by atoms with Crippen molar-refractivity contribution in [3.05, 3.63) is 75.8 Å². The molecule has 0 saturated carbocycles. The first-order valence-corrected chi connectivity index (χ1v) is 8.29. The van der Waals surface area contributed by atoms with Gasteiger partial charge >= 0.3 is 0 Å². The molecule has 2 aromatic rings. The van der Waals surface area contributed by atoms with Crippen LogP contribution >= 0.6 is 0 Å². The zero-order valence-corrected chi connectivity index (χ0v) is 13.8. The van der Waals surface area contributed by atoms with E-state index >= 15 is 0 Å². The summed E-state index contributed by atoms with van der Waals surface area (Å²) in [5.41, 5.74) is 1.13. The molecule has 0 bridgehead atoms. The number of carbonyl (C=O) groups is 1. The van der Waals surface area contributed by atoms with Crippen LogP contribution in [-0.2, 0) is 11.3 Å². The first-order valence-electron chi connectivity index (χ1n) is 8.29. The molecule has 1 saturated heterocycles. The fourth-order valence-electron chi connectivity index (χ4n) is 3.05. The fraction of sp³-hybridized carbons (Fsp3) is 0.316. The summed E-state index contributed by atoms with van der Waals surface area (Å²) in [7, 11) is 0. The molecule has 1 aliphatic heterocycles. The van der Waals surface area contributed by atoms with Gasteiger partial charge in [0.25, 0.3) is 11.6 Å². The summed E-state index contributed by atoms with van der Waals surface area (Å²) in [5.74, 6) is -0.0201. The number of nitrogens with zero attached hydrogens (tertiary/aromatic N) is 2. The predicted molar refractivity (Wildman–Crippen MR) is 93.2 cm³/mol.